The Morgan fingerprint density at radius 2 is 2.22 bits per heavy atom. The van der Waals surface area contributed by atoms with E-state index in [0.29, 0.717) is 13.1 Å². The first-order valence-electron chi connectivity index (χ1n) is 5.80. The first kappa shape index (κ1) is 12.4. The van der Waals surface area contributed by atoms with E-state index in [1.807, 2.05) is 24.3 Å². The number of primary amides is 1. The second-order valence-electron chi connectivity index (χ2n) is 4.39. The number of rotatable bonds is 4. The summed E-state index contributed by atoms with van der Waals surface area (Å²) in [4.78, 5) is 24.5. The lowest BCUT2D eigenvalue weighted by Crippen LogP contribution is -2.28. The SMILES string of the molecule is COc1ccccc1CN1C[C@H](C(N)=O)CC1=O. The molecule has 0 unspecified atom stereocenters. The van der Waals surface area contributed by atoms with Crippen molar-refractivity contribution in [1.82, 2.24) is 4.90 Å². The van der Waals surface area contributed by atoms with E-state index in [-0.39, 0.29) is 18.2 Å². The summed E-state index contributed by atoms with van der Waals surface area (Å²) in [5.74, 6) is -0.0735. The van der Waals surface area contributed by atoms with Gasteiger partial charge < -0.3 is 15.4 Å². The normalized spacial score (nSPS) is 19.1. The number of ether oxygens (including phenoxy) is 1. The Labute approximate surface area is 106 Å². The quantitative estimate of drug-likeness (QED) is 0.844. The molecule has 1 saturated heterocycles. The van der Waals surface area contributed by atoms with E-state index in [9.17, 15) is 9.59 Å². The number of carbonyl (C=O) groups is 2. The molecule has 1 atom stereocenters. The molecule has 1 heterocycles. The molecule has 5 nitrogen and oxygen atoms in total. The van der Waals surface area contributed by atoms with Gasteiger partial charge >= 0.3 is 0 Å². The number of para-hydroxylation sites is 1. The van der Waals surface area contributed by atoms with Crippen LogP contribution in [0.3, 0.4) is 0 Å². The number of carbonyl (C=O) groups excluding carboxylic acids is 2. The lowest BCUT2D eigenvalue weighted by molar-refractivity contribution is -0.128. The van der Waals surface area contributed by atoms with E-state index >= 15 is 0 Å². The lowest BCUT2D eigenvalue weighted by atomic mass is 10.1. The van der Waals surface area contributed by atoms with Crippen molar-refractivity contribution in [3.63, 3.8) is 0 Å². The van der Waals surface area contributed by atoms with E-state index < -0.39 is 5.91 Å². The smallest absolute Gasteiger partial charge is 0.223 e. The van der Waals surface area contributed by atoms with Crippen LogP contribution in [0, 0.1) is 5.92 Å². The van der Waals surface area contributed by atoms with Crippen molar-refractivity contribution in [2.75, 3.05) is 13.7 Å². The monoisotopic (exact) mass is 248 g/mol. The van der Waals surface area contributed by atoms with Crippen LogP contribution in [0.4, 0.5) is 0 Å². The minimum atomic E-state index is -0.411. The number of benzene rings is 1. The maximum atomic E-state index is 11.8. The Hall–Kier alpha value is -2.04. The molecule has 1 aromatic carbocycles. The zero-order valence-corrected chi connectivity index (χ0v) is 10.3. The van der Waals surface area contributed by atoms with Gasteiger partial charge in [-0.3, -0.25) is 9.59 Å². The first-order chi connectivity index (χ1) is 8.61. The van der Waals surface area contributed by atoms with E-state index in [4.69, 9.17) is 10.5 Å². The summed E-state index contributed by atoms with van der Waals surface area (Å²) in [5, 5.41) is 0. The van der Waals surface area contributed by atoms with Gasteiger partial charge in [0.15, 0.2) is 0 Å². The Bertz CT molecular complexity index is 473. The summed E-state index contributed by atoms with van der Waals surface area (Å²) >= 11 is 0. The van der Waals surface area contributed by atoms with Crippen LogP contribution in [0.15, 0.2) is 24.3 Å². The zero-order valence-electron chi connectivity index (χ0n) is 10.3. The van der Waals surface area contributed by atoms with Crippen LogP contribution in [-0.4, -0.2) is 30.4 Å². The average Bonchev–Trinajstić information content (AvgIpc) is 2.72. The van der Waals surface area contributed by atoms with Crippen molar-refractivity contribution in [3.05, 3.63) is 29.8 Å². The van der Waals surface area contributed by atoms with Gasteiger partial charge in [0, 0.05) is 25.1 Å². The molecule has 0 aromatic heterocycles. The molecule has 0 bridgehead atoms. The number of hydrogen-bond acceptors (Lipinski definition) is 3. The first-order valence-corrected chi connectivity index (χ1v) is 5.80. The van der Waals surface area contributed by atoms with Crippen LogP contribution in [0.5, 0.6) is 5.75 Å². The van der Waals surface area contributed by atoms with Crippen LogP contribution >= 0.6 is 0 Å². The van der Waals surface area contributed by atoms with Crippen molar-refractivity contribution < 1.29 is 14.3 Å². The maximum absolute atomic E-state index is 11.8. The average molecular weight is 248 g/mol. The molecule has 18 heavy (non-hydrogen) atoms. The van der Waals surface area contributed by atoms with Crippen molar-refractivity contribution in [2.24, 2.45) is 11.7 Å². The molecule has 2 rings (SSSR count). The molecule has 2 amide bonds. The highest BCUT2D eigenvalue weighted by atomic mass is 16.5. The van der Waals surface area contributed by atoms with Crippen molar-refractivity contribution in [2.45, 2.75) is 13.0 Å². The minimum Gasteiger partial charge on any atom is -0.496 e. The Kier molecular flexibility index (Phi) is 3.50. The van der Waals surface area contributed by atoms with E-state index in [2.05, 4.69) is 0 Å². The van der Waals surface area contributed by atoms with Crippen LogP contribution in [0.2, 0.25) is 0 Å². The van der Waals surface area contributed by atoms with Gasteiger partial charge in [-0.1, -0.05) is 18.2 Å². The minimum absolute atomic E-state index is 0.0373. The fraction of sp³-hybridized carbons (Fsp3) is 0.385. The summed E-state index contributed by atoms with van der Waals surface area (Å²) in [7, 11) is 1.59. The molecule has 5 heteroatoms. The third-order valence-corrected chi connectivity index (χ3v) is 3.17. The van der Waals surface area contributed by atoms with E-state index in [1.54, 1.807) is 12.0 Å². The Morgan fingerprint density at radius 1 is 1.50 bits per heavy atom. The van der Waals surface area contributed by atoms with Gasteiger partial charge in [-0.25, -0.2) is 0 Å². The molecule has 0 radical (unpaired) electrons. The third-order valence-electron chi connectivity index (χ3n) is 3.17. The molecule has 1 aromatic rings. The number of likely N-dealkylation sites (tertiary alicyclic amines) is 1. The summed E-state index contributed by atoms with van der Waals surface area (Å²) < 4.78 is 5.24. The summed E-state index contributed by atoms with van der Waals surface area (Å²) in [5.41, 5.74) is 6.16. The fourth-order valence-corrected chi connectivity index (χ4v) is 2.15. The van der Waals surface area contributed by atoms with Crippen LogP contribution in [0.1, 0.15) is 12.0 Å². The van der Waals surface area contributed by atoms with Crippen LogP contribution < -0.4 is 10.5 Å². The van der Waals surface area contributed by atoms with Crippen molar-refractivity contribution in [1.29, 1.82) is 0 Å². The second kappa shape index (κ2) is 5.08. The largest absolute Gasteiger partial charge is 0.496 e. The van der Waals surface area contributed by atoms with Gasteiger partial charge in [0.25, 0.3) is 0 Å². The van der Waals surface area contributed by atoms with Crippen LogP contribution in [0.25, 0.3) is 0 Å². The topological polar surface area (TPSA) is 72.6 Å². The highest BCUT2D eigenvalue weighted by Gasteiger charge is 2.33. The molecule has 96 valence electrons. The number of nitrogens with zero attached hydrogens (tertiary/aromatic N) is 1. The number of amides is 2. The summed E-state index contributed by atoms with van der Waals surface area (Å²) in [6.07, 6.45) is 0.213. The third kappa shape index (κ3) is 2.45. The van der Waals surface area contributed by atoms with Gasteiger partial charge in [0.1, 0.15) is 5.75 Å². The molecular weight excluding hydrogens is 232 g/mol. The number of methoxy groups -OCH3 is 1. The van der Waals surface area contributed by atoms with E-state index in [0.717, 1.165) is 11.3 Å². The summed E-state index contributed by atoms with van der Waals surface area (Å²) in [6.45, 7) is 0.846. The zero-order chi connectivity index (χ0) is 13.1. The molecule has 0 saturated carbocycles. The molecule has 1 fully saturated rings. The predicted octanol–water partition coefficient (Wildman–Crippen LogP) is 0.529. The van der Waals surface area contributed by atoms with Gasteiger partial charge in [0.05, 0.1) is 13.0 Å². The maximum Gasteiger partial charge on any atom is 0.223 e. The molecule has 1 aliphatic rings. The van der Waals surface area contributed by atoms with Crippen molar-refractivity contribution >= 4 is 11.8 Å². The highest BCUT2D eigenvalue weighted by molar-refractivity contribution is 5.88. The van der Waals surface area contributed by atoms with Crippen molar-refractivity contribution in [3.8, 4) is 5.75 Å². The number of hydrogen-bond donors (Lipinski definition) is 1. The molecule has 1 aliphatic heterocycles. The summed E-state index contributed by atoms with van der Waals surface area (Å²) in [6, 6.07) is 7.52. The standard InChI is InChI=1S/C13H16N2O3/c1-18-11-5-3-2-4-9(11)7-15-8-10(13(14)17)6-12(15)16/h2-5,10H,6-8H2,1H3,(H2,14,17)/t10-/m1/s1. The predicted molar refractivity (Wildman–Crippen MR) is 65.7 cm³/mol. The Balaban J connectivity index is 2.10. The van der Waals surface area contributed by atoms with Gasteiger partial charge in [-0.05, 0) is 6.07 Å². The molecule has 0 aliphatic carbocycles. The molecular formula is C13H16N2O3. The van der Waals surface area contributed by atoms with Gasteiger partial charge in [-0.15, -0.1) is 0 Å². The lowest BCUT2D eigenvalue weighted by Gasteiger charge is -2.17. The highest BCUT2D eigenvalue weighted by Crippen LogP contribution is 2.24. The fourth-order valence-electron chi connectivity index (χ4n) is 2.15. The molecule has 2 N–H and O–H groups in total. The van der Waals surface area contributed by atoms with Crippen LogP contribution in [-0.2, 0) is 16.1 Å². The molecule has 0 spiro atoms. The van der Waals surface area contributed by atoms with E-state index in [1.165, 1.54) is 0 Å². The second-order valence-corrected chi connectivity index (χ2v) is 4.39. The number of nitrogens with two attached hydrogens (primary N) is 1. The Morgan fingerprint density at radius 3 is 2.83 bits per heavy atom. The van der Waals surface area contributed by atoms with Gasteiger partial charge in [0.2, 0.25) is 11.8 Å². The van der Waals surface area contributed by atoms with Gasteiger partial charge in [-0.2, -0.15) is 0 Å².